The molecule has 0 spiro atoms. The normalized spacial score (nSPS) is 11.6. The first-order chi connectivity index (χ1) is 13.1. The van der Waals surface area contributed by atoms with Crippen molar-refractivity contribution in [3.63, 3.8) is 0 Å². The molecule has 4 nitrogen and oxygen atoms in total. The van der Waals surface area contributed by atoms with Gasteiger partial charge in [0.25, 0.3) is 0 Å². The van der Waals surface area contributed by atoms with Crippen LogP contribution in [0.3, 0.4) is 0 Å². The molecule has 0 atom stereocenters. The molecule has 0 bridgehead atoms. The minimum Gasteiger partial charge on any atom is -0.326 e. The molecule has 0 unspecified atom stereocenters. The Morgan fingerprint density at radius 1 is 0.778 bits per heavy atom. The molecule has 4 heteroatoms. The first-order valence-electron chi connectivity index (χ1n) is 9.96. The van der Waals surface area contributed by atoms with Crippen LogP contribution in [0.15, 0.2) is 36.4 Å². The minimum atomic E-state index is 0.0735. The summed E-state index contributed by atoms with van der Waals surface area (Å²) in [6, 6.07) is 12.2. The molecule has 0 radical (unpaired) electrons. The molecule has 0 saturated carbocycles. The lowest BCUT2D eigenvalue weighted by Gasteiger charge is -2.08. The maximum atomic E-state index is 12.0. The molecule has 2 N–H and O–H groups in total. The van der Waals surface area contributed by atoms with E-state index in [1.807, 2.05) is 12.1 Å². The van der Waals surface area contributed by atoms with Crippen LogP contribution in [0.2, 0.25) is 0 Å². The number of carbonyl (C=O) groups is 2. The summed E-state index contributed by atoms with van der Waals surface area (Å²) < 4.78 is 0. The zero-order valence-corrected chi connectivity index (χ0v) is 16.2. The highest BCUT2D eigenvalue weighted by atomic mass is 16.2. The van der Waals surface area contributed by atoms with Gasteiger partial charge in [-0.2, -0.15) is 0 Å². The molecule has 2 aromatic carbocycles. The number of amides is 2. The van der Waals surface area contributed by atoms with Gasteiger partial charge in [0, 0.05) is 24.2 Å². The number of fused-ring (bicyclic) bond motifs is 3. The number of unbranched alkanes of at least 4 members (excludes halogenated alkanes) is 2. The zero-order chi connectivity index (χ0) is 19.2. The first-order valence-corrected chi connectivity index (χ1v) is 9.96. The molecule has 1 aliphatic rings. The van der Waals surface area contributed by atoms with Crippen LogP contribution in [0.1, 0.15) is 63.5 Å². The van der Waals surface area contributed by atoms with Gasteiger partial charge in [-0.1, -0.05) is 38.8 Å². The van der Waals surface area contributed by atoms with E-state index in [1.165, 1.54) is 22.3 Å². The van der Waals surface area contributed by atoms with Crippen molar-refractivity contribution in [3.8, 4) is 11.1 Å². The van der Waals surface area contributed by atoms with Crippen LogP contribution in [0.25, 0.3) is 11.1 Å². The van der Waals surface area contributed by atoms with Gasteiger partial charge in [0.15, 0.2) is 0 Å². The van der Waals surface area contributed by atoms with E-state index in [1.54, 1.807) is 0 Å². The average molecular weight is 364 g/mol. The largest absolute Gasteiger partial charge is 0.326 e. The lowest BCUT2D eigenvalue weighted by atomic mass is 10.0. The number of hydrogen-bond donors (Lipinski definition) is 2. The molecule has 1 aliphatic carbocycles. The van der Waals surface area contributed by atoms with Crippen molar-refractivity contribution in [2.75, 3.05) is 10.6 Å². The summed E-state index contributed by atoms with van der Waals surface area (Å²) in [6.07, 6.45) is 5.81. The molecular formula is C23H28N2O2. The second-order valence-corrected chi connectivity index (χ2v) is 7.22. The predicted octanol–water partition coefficient (Wildman–Crippen LogP) is 5.52. The molecule has 2 amide bonds. The Morgan fingerprint density at radius 3 is 1.63 bits per heavy atom. The number of anilines is 2. The summed E-state index contributed by atoms with van der Waals surface area (Å²) in [5.74, 6) is 0.147. The van der Waals surface area contributed by atoms with Gasteiger partial charge in [-0.15, -0.1) is 0 Å². The van der Waals surface area contributed by atoms with Gasteiger partial charge < -0.3 is 10.6 Å². The van der Waals surface area contributed by atoms with Crippen LogP contribution in [0.4, 0.5) is 11.4 Å². The van der Waals surface area contributed by atoms with Gasteiger partial charge in [-0.25, -0.2) is 0 Å². The molecule has 2 aromatic rings. The Morgan fingerprint density at radius 2 is 1.22 bits per heavy atom. The Bertz CT molecular complexity index is 773. The summed E-state index contributed by atoms with van der Waals surface area (Å²) in [4.78, 5) is 23.9. The zero-order valence-electron chi connectivity index (χ0n) is 16.2. The molecule has 3 rings (SSSR count). The monoisotopic (exact) mass is 364 g/mol. The summed E-state index contributed by atoms with van der Waals surface area (Å²) in [5.41, 5.74) is 6.56. The van der Waals surface area contributed by atoms with Crippen molar-refractivity contribution in [2.24, 2.45) is 0 Å². The van der Waals surface area contributed by atoms with Crippen LogP contribution < -0.4 is 10.6 Å². The van der Waals surface area contributed by atoms with Crippen molar-refractivity contribution in [3.05, 3.63) is 47.5 Å². The van der Waals surface area contributed by atoms with Crippen molar-refractivity contribution >= 4 is 23.2 Å². The summed E-state index contributed by atoms with van der Waals surface area (Å²) >= 11 is 0. The van der Waals surface area contributed by atoms with Gasteiger partial charge in [0.05, 0.1) is 0 Å². The molecular weight excluding hydrogens is 336 g/mol. The Hall–Kier alpha value is -2.62. The topological polar surface area (TPSA) is 58.2 Å². The fourth-order valence-electron chi connectivity index (χ4n) is 3.49. The summed E-state index contributed by atoms with van der Waals surface area (Å²) in [7, 11) is 0. The lowest BCUT2D eigenvalue weighted by Crippen LogP contribution is -2.11. The number of nitrogens with one attached hydrogen (secondary N) is 2. The van der Waals surface area contributed by atoms with Crippen LogP contribution in [-0.4, -0.2) is 11.8 Å². The number of hydrogen-bond acceptors (Lipinski definition) is 2. The standard InChI is InChI=1S/C23H28N2O2/c1-3-5-7-22(26)24-18-9-11-20-16(14-18)13-17-15-19(10-12-21(17)20)25-23(27)8-6-4-2/h9-12,14-15H,3-8,13H2,1-2H3,(H,24,26)(H,25,27). The van der Waals surface area contributed by atoms with Gasteiger partial charge in [0.1, 0.15) is 0 Å². The Balaban J connectivity index is 1.69. The molecule has 0 aliphatic heterocycles. The van der Waals surface area contributed by atoms with E-state index in [-0.39, 0.29) is 11.8 Å². The third-order valence-electron chi connectivity index (χ3n) is 4.96. The lowest BCUT2D eigenvalue weighted by molar-refractivity contribution is -0.117. The third-order valence-corrected chi connectivity index (χ3v) is 4.96. The highest BCUT2D eigenvalue weighted by molar-refractivity contribution is 5.93. The minimum absolute atomic E-state index is 0.0735. The first kappa shape index (κ1) is 19.2. The fraction of sp³-hybridized carbons (Fsp3) is 0.391. The van der Waals surface area contributed by atoms with E-state index >= 15 is 0 Å². The number of rotatable bonds is 8. The predicted molar refractivity (Wildman–Crippen MR) is 111 cm³/mol. The third kappa shape index (κ3) is 4.76. The number of benzene rings is 2. The molecule has 0 aromatic heterocycles. The maximum absolute atomic E-state index is 12.0. The van der Waals surface area contributed by atoms with E-state index in [2.05, 4.69) is 48.7 Å². The number of carbonyl (C=O) groups excluding carboxylic acids is 2. The van der Waals surface area contributed by atoms with Crippen molar-refractivity contribution in [1.29, 1.82) is 0 Å². The molecule has 27 heavy (non-hydrogen) atoms. The van der Waals surface area contributed by atoms with Gasteiger partial charge in [-0.05, 0) is 65.8 Å². The maximum Gasteiger partial charge on any atom is 0.224 e. The van der Waals surface area contributed by atoms with Crippen LogP contribution in [-0.2, 0) is 16.0 Å². The smallest absolute Gasteiger partial charge is 0.224 e. The second-order valence-electron chi connectivity index (χ2n) is 7.22. The van der Waals surface area contributed by atoms with Crippen molar-refractivity contribution in [2.45, 2.75) is 58.8 Å². The highest BCUT2D eigenvalue weighted by Gasteiger charge is 2.19. The van der Waals surface area contributed by atoms with E-state index in [0.29, 0.717) is 12.8 Å². The van der Waals surface area contributed by atoms with Crippen molar-refractivity contribution < 1.29 is 9.59 Å². The summed E-state index contributed by atoms with van der Waals surface area (Å²) in [5, 5.41) is 5.99. The van der Waals surface area contributed by atoms with Gasteiger partial charge in [-0.3, -0.25) is 9.59 Å². The van der Waals surface area contributed by atoms with Gasteiger partial charge in [0.2, 0.25) is 11.8 Å². The van der Waals surface area contributed by atoms with Crippen molar-refractivity contribution in [1.82, 2.24) is 0 Å². The van der Waals surface area contributed by atoms with Crippen LogP contribution >= 0.6 is 0 Å². The second kappa shape index (κ2) is 8.85. The Labute approximate surface area is 161 Å². The van der Waals surface area contributed by atoms with E-state index < -0.39 is 0 Å². The molecule has 0 fully saturated rings. The Kier molecular flexibility index (Phi) is 6.28. The van der Waals surface area contributed by atoms with Gasteiger partial charge >= 0.3 is 0 Å². The fourth-order valence-corrected chi connectivity index (χ4v) is 3.49. The van der Waals surface area contributed by atoms with Crippen LogP contribution in [0.5, 0.6) is 0 Å². The average Bonchev–Trinajstić information content (AvgIpc) is 3.01. The summed E-state index contributed by atoms with van der Waals surface area (Å²) in [6.45, 7) is 4.17. The molecule has 142 valence electrons. The molecule has 0 heterocycles. The highest BCUT2D eigenvalue weighted by Crippen LogP contribution is 2.39. The molecule has 0 saturated heterocycles. The van der Waals surface area contributed by atoms with E-state index in [9.17, 15) is 9.59 Å². The van der Waals surface area contributed by atoms with E-state index in [0.717, 1.165) is 43.5 Å². The van der Waals surface area contributed by atoms with Crippen LogP contribution in [0, 0.1) is 0 Å². The SMILES string of the molecule is CCCCC(=O)Nc1ccc2c(c1)Cc1cc(NC(=O)CCCC)ccc1-2. The quantitative estimate of drug-likeness (QED) is 0.553. The van der Waals surface area contributed by atoms with E-state index in [4.69, 9.17) is 0 Å².